The van der Waals surface area contributed by atoms with E-state index in [-0.39, 0.29) is 37.1 Å². The minimum absolute atomic E-state index is 0.0702. The van der Waals surface area contributed by atoms with Crippen LogP contribution in [0.4, 0.5) is 5.69 Å². The Morgan fingerprint density at radius 1 is 1.07 bits per heavy atom. The molecule has 2 aromatic rings. The molecule has 2 aromatic carbocycles. The third-order valence-corrected chi connectivity index (χ3v) is 3.50. The van der Waals surface area contributed by atoms with Crippen LogP contribution in [-0.4, -0.2) is 37.2 Å². The number of hydrogen-bond acceptors (Lipinski definition) is 6. The number of nitro benzene ring substituents is 1. The Bertz CT molecular complexity index is 776. The molecule has 0 bridgehead atoms. The van der Waals surface area contributed by atoms with E-state index in [0.717, 1.165) is 11.3 Å². The zero-order valence-electron chi connectivity index (χ0n) is 15.3. The second kappa shape index (κ2) is 10.0. The van der Waals surface area contributed by atoms with Gasteiger partial charge in [-0.15, -0.1) is 0 Å². The van der Waals surface area contributed by atoms with Crippen molar-refractivity contribution in [3.05, 3.63) is 58.1 Å². The van der Waals surface area contributed by atoms with Crippen molar-refractivity contribution in [1.29, 1.82) is 0 Å². The molecule has 8 nitrogen and oxygen atoms in total. The smallest absolute Gasteiger partial charge is 0.310 e. The predicted molar refractivity (Wildman–Crippen MR) is 99.4 cm³/mol. The second-order valence-electron chi connectivity index (χ2n) is 5.62. The maximum atomic E-state index is 11.8. The number of nitrogens with zero attached hydrogens (tertiary/aromatic N) is 1. The number of ether oxygens (including phenoxy) is 3. The van der Waals surface area contributed by atoms with E-state index in [1.165, 1.54) is 12.1 Å². The van der Waals surface area contributed by atoms with E-state index in [4.69, 9.17) is 14.2 Å². The summed E-state index contributed by atoms with van der Waals surface area (Å²) in [5.74, 6) is 1.11. The van der Waals surface area contributed by atoms with Gasteiger partial charge < -0.3 is 19.5 Å². The summed E-state index contributed by atoms with van der Waals surface area (Å²) in [6.45, 7) is 4.55. The molecule has 0 fully saturated rings. The van der Waals surface area contributed by atoms with Crippen LogP contribution in [0.15, 0.2) is 42.5 Å². The molecule has 0 atom stereocenters. The molecule has 8 heteroatoms. The first-order valence-electron chi connectivity index (χ1n) is 8.49. The summed E-state index contributed by atoms with van der Waals surface area (Å²) >= 11 is 0. The van der Waals surface area contributed by atoms with Crippen LogP contribution in [0.1, 0.15) is 12.5 Å². The van der Waals surface area contributed by atoms with Crippen molar-refractivity contribution in [2.24, 2.45) is 0 Å². The van der Waals surface area contributed by atoms with Crippen molar-refractivity contribution in [3.63, 3.8) is 0 Å². The van der Waals surface area contributed by atoms with Gasteiger partial charge in [0.2, 0.25) is 0 Å². The van der Waals surface area contributed by atoms with Gasteiger partial charge in [-0.2, -0.15) is 0 Å². The van der Waals surface area contributed by atoms with E-state index in [1.807, 2.05) is 6.92 Å². The number of nitrogens with one attached hydrogen (secondary N) is 1. The van der Waals surface area contributed by atoms with Gasteiger partial charge in [0.25, 0.3) is 5.91 Å². The molecule has 0 saturated carbocycles. The number of nitro groups is 1. The molecule has 0 unspecified atom stereocenters. The van der Waals surface area contributed by atoms with Gasteiger partial charge in [0, 0.05) is 6.07 Å². The lowest BCUT2D eigenvalue weighted by Gasteiger charge is -2.10. The van der Waals surface area contributed by atoms with Crippen molar-refractivity contribution in [1.82, 2.24) is 5.32 Å². The van der Waals surface area contributed by atoms with Crippen molar-refractivity contribution >= 4 is 11.6 Å². The maximum Gasteiger partial charge on any atom is 0.310 e. The van der Waals surface area contributed by atoms with E-state index >= 15 is 0 Å². The minimum Gasteiger partial charge on any atom is -0.494 e. The van der Waals surface area contributed by atoms with Gasteiger partial charge in [-0.25, -0.2) is 0 Å². The van der Waals surface area contributed by atoms with Gasteiger partial charge in [-0.1, -0.05) is 6.07 Å². The second-order valence-corrected chi connectivity index (χ2v) is 5.62. The molecule has 0 heterocycles. The number of hydrogen-bond donors (Lipinski definition) is 1. The summed E-state index contributed by atoms with van der Waals surface area (Å²) in [5.41, 5.74) is 0.631. The molecule has 1 N–H and O–H groups in total. The molecule has 1 amide bonds. The van der Waals surface area contributed by atoms with Crippen LogP contribution in [0.2, 0.25) is 0 Å². The van der Waals surface area contributed by atoms with Gasteiger partial charge in [-0.3, -0.25) is 14.9 Å². The number of carbonyl (C=O) groups excluding carboxylic acids is 1. The highest BCUT2D eigenvalue weighted by Gasteiger charge is 2.16. The van der Waals surface area contributed by atoms with E-state index < -0.39 is 4.92 Å². The lowest BCUT2D eigenvalue weighted by Crippen LogP contribution is -2.32. The van der Waals surface area contributed by atoms with Crippen molar-refractivity contribution in [2.45, 2.75) is 13.8 Å². The summed E-state index contributed by atoms with van der Waals surface area (Å²) in [6, 6.07) is 11.7. The quantitative estimate of drug-likeness (QED) is 0.390. The lowest BCUT2D eigenvalue weighted by atomic mass is 10.2. The summed E-state index contributed by atoms with van der Waals surface area (Å²) in [4.78, 5) is 22.3. The Morgan fingerprint density at radius 2 is 1.74 bits per heavy atom. The predicted octanol–water partition coefficient (Wildman–Crippen LogP) is 2.88. The summed E-state index contributed by atoms with van der Waals surface area (Å²) in [7, 11) is 0. The first kappa shape index (κ1) is 20.0. The molecule has 0 saturated heterocycles. The van der Waals surface area contributed by atoms with Gasteiger partial charge in [-0.05, 0) is 49.7 Å². The molecular formula is C19H22N2O6. The van der Waals surface area contributed by atoms with Gasteiger partial charge in [0.1, 0.15) is 18.1 Å². The van der Waals surface area contributed by atoms with Crippen molar-refractivity contribution in [2.75, 3.05) is 26.4 Å². The van der Waals surface area contributed by atoms with E-state index in [9.17, 15) is 14.9 Å². The Labute approximate surface area is 157 Å². The van der Waals surface area contributed by atoms with Crippen molar-refractivity contribution < 1.29 is 23.9 Å². The molecule has 0 radical (unpaired) electrons. The molecule has 2 rings (SSSR count). The fourth-order valence-electron chi connectivity index (χ4n) is 2.24. The van der Waals surface area contributed by atoms with Crippen LogP contribution in [0.5, 0.6) is 17.2 Å². The first-order chi connectivity index (χ1) is 13.0. The van der Waals surface area contributed by atoms with Gasteiger partial charge in [0.05, 0.1) is 18.1 Å². The Hall–Kier alpha value is -3.29. The fourth-order valence-corrected chi connectivity index (χ4v) is 2.24. The van der Waals surface area contributed by atoms with Gasteiger partial charge >= 0.3 is 5.69 Å². The molecule has 0 aromatic heterocycles. The largest absolute Gasteiger partial charge is 0.494 e. The SMILES string of the molecule is CCOc1ccc(OCCNC(=O)COc2cc(C)ccc2[N+](=O)[O-])cc1. The molecule has 0 aliphatic carbocycles. The van der Waals surface area contributed by atoms with E-state index in [1.54, 1.807) is 37.3 Å². The fraction of sp³-hybridized carbons (Fsp3) is 0.316. The molecule has 0 aliphatic heterocycles. The van der Waals surface area contributed by atoms with E-state index in [0.29, 0.717) is 12.4 Å². The molecule has 144 valence electrons. The number of aryl methyl sites for hydroxylation is 1. The van der Waals surface area contributed by atoms with Crippen LogP contribution in [0, 0.1) is 17.0 Å². The molecule has 27 heavy (non-hydrogen) atoms. The maximum absolute atomic E-state index is 11.8. The zero-order chi connectivity index (χ0) is 19.6. The summed E-state index contributed by atoms with van der Waals surface area (Å²) in [5, 5.41) is 13.6. The van der Waals surface area contributed by atoms with Gasteiger partial charge in [0.15, 0.2) is 12.4 Å². The van der Waals surface area contributed by atoms with Crippen LogP contribution in [-0.2, 0) is 4.79 Å². The van der Waals surface area contributed by atoms with Crippen LogP contribution in [0.25, 0.3) is 0 Å². The average molecular weight is 374 g/mol. The lowest BCUT2D eigenvalue weighted by molar-refractivity contribution is -0.385. The highest BCUT2D eigenvalue weighted by atomic mass is 16.6. The Balaban J connectivity index is 1.72. The van der Waals surface area contributed by atoms with E-state index in [2.05, 4.69) is 5.32 Å². The zero-order valence-corrected chi connectivity index (χ0v) is 15.3. The number of carbonyl (C=O) groups is 1. The Morgan fingerprint density at radius 3 is 2.37 bits per heavy atom. The highest BCUT2D eigenvalue weighted by molar-refractivity contribution is 5.77. The first-order valence-corrected chi connectivity index (χ1v) is 8.49. The van der Waals surface area contributed by atoms with Crippen LogP contribution < -0.4 is 19.5 Å². The van der Waals surface area contributed by atoms with Crippen LogP contribution in [0.3, 0.4) is 0 Å². The summed E-state index contributed by atoms with van der Waals surface area (Å²) < 4.78 is 16.1. The highest BCUT2D eigenvalue weighted by Crippen LogP contribution is 2.27. The van der Waals surface area contributed by atoms with Crippen LogP contribution >= 0.6 is 0 Å². The molecule has 0 aliphatic rings. The van der Waals surface area contributed by atoms with Crippen molar-refractivity contribution in [3.8, 4) is 17.2 Å². The normalized spacial score (nSPS) is 10.1. The topological polar surface area (TPSA) is 99.9 Å². The molecular weight excluding hydrogens is 352 g/mol. The monoisotopic (exact) mass is 374 g/mol. The Kier molecular flexibility index (Phi) is 7.42. The number of benzene rings is 2. The number of amides is 1. The third kappa shape index (κ3) is 6.50. The average Bonchev–Trinajstić information content (AvgIpc) is 2.65. The third-order valence-electron chi connectivity index (χ3n) is 3.50. The molecule has 0 spiro atoms. The minimum atomic E-state index is -0.544. The summed E-state index contributed by atoms with van der Waals surface area (Å²) in [6.07, 6.45) is 0. The standard InChI is InChI=1S/C19H22N2O6/c1-3-25-15-5-7-16(8-6-15)26-11-10-20-19(22)13-27-18-12-14(2)4-9-17(18)21(23)24/h4-9,12H,3,10-11,13H2,1-2H3,(H,20,22). The number of rotatable bonds is 10.